The highest BCUT2D eigenvalue weighted by atomic mass is 33.1. The van der Waals surface area contributed by atoms with E-state index in [0.717, 1.165) is 28.6 Å². The van der Waals surface area contributed by atoms with Gasteiger partial charge >= 0.3 is 0 Å². The number of aliphatic imine (C=N–C) groups is 1. The number of hydrogen-bond donors (Lipinski definition) is 5. The lowest BCUT2D eigenvalue weighted by atomic mass is 9.87. The number of amides is 1. The number of fused-ring (bicyclic) bond motifs is 1. The normalized spacial score (nSPS) is 12.7. The van der Waals surface area contributed by atoms with Gasteiger partial charge in [0.15, 0.2) is 11.7 Å². The van der Waals surface area contributed by atoms with E-state index in [-0.39, 0.29) is 37.0 Å². The lowest BCUT2D eigenvalue weighted by Crippen LogP contribution is -2.45. The Balaban J connectivity index is 2.16. The van der Waals surface area contributed by atoms with Crippen LogP contribution in [-0.4, -0.2) is 59.6 Å². The second kappa shape index (κ2) is 16.3. The van der Waals surface area contributed by atoms with E-state index in [0.29, 0.717) is 25.8 Å². The van der Waals surface area contributed by atoms with Gasteiger partial charge in [0.1, 0.15) is 12.4 Å². The molecule has 0 aliphatic carbocycles. The molecule has 36 heavy (non-hydrogen) atoms. The van der Waals surface area contributed by atoms with Gasteiger partial charge in [0.05, 0.1) is 6.04 Å². The number of nitrogens with two attached hydrogens (primary N) is 3. The van der Waals surface area contributed by atoms with Crippen LogP contribution in [0.5, 0.6) is 0 Å². The molecule has 0 spiro atoms. The summed E-state index contributed by atoms with van der Waals surface area (Å²) < 4.78 is 0. The van der Waals surface area contributed by atoms with E-state index in [9.17, 15) is 14.4 Å². The molecule has 0 aliphatic rings. The van der Waals surface area contributed by atoms with Crippen molar-refractivity contribution in [2.24, 2.45) is 28.3 Å². The SMILES string of the molecule is CSSCCCC(=O)C(CCCN=C(N)N)CC(=O)C(Cc1c[nH]c2ccccc12)NC(=O)CON. The minimum absolute atomic E-state index is 0.00771. The summed E-state index contributed by atoms with van der Waals surface area (Å²) in [6, 6.07) is 6.90. The Morgan fingerprint density at radius 1 is 1.17 bits per heavy atom. The molecule has 0 fully saturated rings. The number of aromatic nitrogens is 1. The van der Waals surface area contributed by atoms with Crippen molar-refractivity contribution in [1.29, 1.82) is 0 Å². The zero-order valence-corrected chi connectivity index (χ0v) is 22.2. The van der Waals surface area contributed by atoms with Crippen molar-refractivity contribution >= 4 is 55.9 Å². The summed E-state index contributed by atoms with van der Waals surface area (Å²) in [5, 5.41) is 3.70. The van der Waals surface area contributed by atoms with Crippen LogP contribution in [0, 0.1) is 5.92 Å². The monoisotopic (exact) mass is 536 g/mol. The molecule has 0 aliphatic heterocycles. The largest absolute Gasteiger partial charge is 0.370 e. The summed E-state index contributed by atoms with van der Waals surface area (Å²) in [6.45, 7) is 0.0115. The van der Waals surface area contributed by atoms with Crippen LogP contribution in [0.3, 0.4) is 0 Å². The van der Waals surface area contributed by atoms with E-state index < -0.39 is 17.9 Å². The molecule has 1 aromatic heterocycles. The number of Topliss-reactive ketones (excluding diaryl/α,β-unsaturated/α-hetero) is 2. The van der Waals surface area contributed by atoms with Crippen LogP contribution in [-0.2, 0) is 25.6 Å². The summed E-state index contributed by atoms with van der Waals surface area (Å²) in [6.07, 6.45) is 6.32. The Morgan fingerprint density at radius 2 is 1.94 bits per heavy atom. The third-order valence-corrected chi connectivity index (χ3v) is 7.61. The van der Waals surface area contributed by atoms with Crippen LogP contribution in [0.15, 0.2) is 35.5 Å². The highest BCUT2D eigenvalue weighted by Gasteiger charge is 2.28. The first-order valence-corrected chi connectivity index (χ1v) is 14.5. The average molecular weight is 537 g/mol. The van der Waals surface area contributed by atoms with Crippen molar-refractivity contribution in [2.45, 2.75) is 44.6 Å². The lowest BCUT2D eigenvalue weighted by molar-refractivity contribution is -0.132. The van der Waals surface area contributed by atoms with Crippen molar-refractivity contribution in [1.82, 2.24) is 10.3 Å². The van der Waals surface area contributed by atoms with Gasteiger partial charge in [0.2, 0.25) is 5.91 Å². The molecule has 0 saturated heterocycles. The third kappa shape index (κ3) is 10.2. The maximum Gasteiger partial charge on any atom is 0.248 e. The lowest BCUT2D eigenvalue weighted by Gasteiger charge is -2.21. The average Bonchev–Trinajstić information content (AvgIpc) is 3.26. The predicted molar refractivity (Wildman–Crippen MR) is 147 cm³/mol. The fourth-order valence-corrected chi connectivity index (χ4v) is 5.26. The Bertz CT molecular complexity index is 1020. The predicted octanol–water partition coefficient (Wildman–Crippen LogP) is 2.08. The van der Waals surface area contributed by atoms with Crippen LogP contribution < -0.4 is 22.7 Å². The number of para-hydroxylation sites is 1. The number of ketones is 2. The van der Waals surface area contributed by atoms with Crippen molar-refractivity contribution < 1.29 is 19.2 Å². The number of guanidine groups is 1. The number of H-pyrrole nitrogens is 1. The third-order valence-electron chi connectivity index (χ3n) is 5.71. The number of carbonyl (C=O) groups excluding carboxylic acids is 3. The van der Waals surface area contributed by atoms with Gasteiger partial charge in [-0.25, -0.2) is 5.90 Å². The Kier molecular flexibility index (Phi) is 13.4. The summed E-state index contributed by atoms with van der Waals surface area (Å²) in [7, 11) is 3.36. The molecule has 2 rings (SSSR count). The van der Waals surface area contributed by atoms with E-state index in [4.69, 9.17) is 17.4 Å². The number of nitrogens with one attached hydrogen (secondary N) is 2. The molecule has 198 valence electrons. The van der Waals surface area contributed by atoms with Crippen molar-refractivity contribution in [2.75, 3.05) is 25.2 Å². The van der Waals surface area contributed by atoms with E-state index in [1.165, 1.54) is 0 Å². The van der Waals surface area contributed by atoms with Gasteiger partial charge in [-0.2, -0.15) is 0 Å². The minimum Gasteiger partial charge on any atom is -0.370 e. The zero-order chi connectivity index (χ0) is 26.3. The molecule has 10 nitrogen and oxygen atoms in total. The second-order valence-corrected chi connectivity index (χ2v) is 11.1. The first-order valence-electron chi connectivity index (χ1n) is 11.8. The Labute approximate surface area is 219 Å². The minimum atomic E-state index is -0.827. The molecule has 8 N–H and O–H groups in total. The van der Waals surface area contributed by atoms with E-state index in [2.05, 4.69) is 20.1 Å². The van der Waals surface area contributed by atoms with Gasteiger partial charge in [-0.15, -0.1) is 0 Å². The highest BCUT2D eigenvalue weighted by molar-refractivity contribution is 8.76. The van der Waals surface area contributed by atoms with Crippen LogP contribution in [0.1, 0.15) is 37.7 Å². The summed E-state index contributed by atoms with van der Waals surface area (Å²) in [4.78, 5) is 50.3. The second-order valence-electron chi connectivity index (χ2n) is 8.37. The maximum absolute atomic E-state index is 13.5. The number of nitrogens with zero attached hydrogens (tertiary/aromatic N) is 1. The van der Waals surface area contributed by atoms with E-state index in [1.807, 2.05) is 36.7 Å². The molecule has 2 unspecified atom stereocenters. The number of carbonyl (C=O) groups is 3. The van der Waals surface area contributed by atoms with Crippen LogP contribution in [0.25, 0.3) is 10.9 Å². The van der Waals surface area contributed by atoms with E-state index in [1.54, 1.807) is 21.6 Å². The molecule has 12 heteroatoms. The molecule has 1 aromatic carbocycles. The van der Waals surface area contributed by atoms with Crippen LogP contribution in [0.2, 0.25) is 0 Å². The summed E-state index contributed by atoms with van der Waals surface area (Å²) in [5.41, 5.74) is 12.6. The fraction of sp³-hybridized carbons (Fsp3) is 0.500. The van der Waals surface area contributed by atoms with Gasteiger partial charge < -0.3 is 21.8 Å². The molecule has 0 saturated carbocycles. The van der Waals surface area contributed by atoms with Crippen molar-refractivity contribution in [3.63, 3.8) is 0 Å². The molecule has 2 atom stereocenters. The molecule has 1 amide bonds. The van der Waals surface area contributed by atoms with Crippen molar-refractivity contribution in [3.8, 4) is 0 Å². The molecular formula is C24H36N6O4S2. The standard InChI is InChI=1S/C24H36N6O4S2/c1-35-36-11-5-9-21(31)16(6-4-10-28-24(25)26)13-22(32)20(30-23(33)15-34-27)12-17-14-29-19-8-3-2-7-18(17)19/h2-3,7-8,14,16,20,29H,4-6,9-13,15,27H2,1H3,(H,30,33)(H4,25,26,28). The number of benzene rings is 1. The molecule has 0 bridgehead atoms. The van der Waals surface area contributed by atoms with Gasteiger partial charge in [0.25, 0.3) is 0 Å². The number of hydrogen-bond acceptors (Lipinski definition) is 8. The first kappa shape index (κ1) is 29.7. The summed E-state index contributed by atoms with van der Waals surface area (Å²) >= 11 is 0. The topological polar surface area (TPSA) is 179 Å². The molecule has 1 heterocycles. The first-order chi connectivity index (χ1) is 17.3. The molecule has 0 radical (unpaired) electrons. The molecule has 2 aromatic rings. The van der Waals surface area contributed by atoms with E-state index >= 15 is 0 Å². The Hall–Kier alpha value is -2.54. The Morgan fingerprint density at radius 3 is 2.67 bits per heavy atom. The van der Waals surface area contributed by atoms with Gasteiger partial charge in [0, 0.05) is 54.6 Å². The fourth-order valence-electron chi connectivity index (χ4n) is 3.98. The van der Waals surface area contributed by atoms with Crippen LogP contribution in [0.4, 0.5) is 0 Å². The highest BCUT2D eigenvalue weighted by Crippen LogP contribution is 2.23. The van der Waals surface area contributed by atoms with Gasteiger partial charge in [-0.05, 0) is 37.1 Å². The quantitative estimate of drug-likeness (QED) is 0.0627. The number of aromatic amines is 1. The van der Waals surface area contributed by atoms with Crippen LogP contribution >= 0.6 is 21.6 Å². The number of rotatable bonds is 18. The maximum atomic E-state index is 13.5. The van der Waals surface area contributed by atoms with Gasteiger partial charge in [-0.3, -0.25) is 24.2 Å². The smallest absolute Gasteiger partial charge is 0.248 e. The summed E-state index contributed by atoms with van der Waals surface area (Å²) in [5.74, 6) is 4.74. The molecular weight excluding hydrogens is 500 g/mol. The zero-order valence-electron chi connectivity index (χ0n) is 20.5. The van der Waals surface area contributed by atoms with Crippen molar-refractivity contribution in [3.05, 3.63) is 36.0 Å². The van der Waals surface area contributed by atoms with Gasteiger partial charge in [-0.1, -0.05) is 39.8 Å².